The zero-order chi connectivity index (χ0) is 29.5. The summed E-state index contributed by atoms with van der Waals surface area (Å²) in [5.41, 5.74) is 0.677. The van der Waals surface area contributed by atoms with E-state index in [4.69, 9.17) is 0 Å². The monoisotopic (exact) mass is 572 g/mol. The fourth-order valence-electron chi connectivity index (χ4n) is 7.04. The average molecular weight is 572 g/mol. The summed E-state index contributed by atoms with van der Waals surface area (Å²) in [5, 5.41) is 0. The Hall–Kier alpha value is -0.560. The van der Waals surface area contributed by atoms with Crippen LogP contribution in [0.5, 0.6) is 0 Å². The van der Waals surface area contributed by atoms with E-state index >= 15 is 0 Å². The molecule has 0 aromatic rings. The Morgan fingerprint density at radius 3 is 0.951 bits per heavy atom. The van der Waals surface area contributed by atoms with E-state index in [2.05, 4.69) is 50.1 Å². The van der Waals surface area contributed by atoms with Gasteiger partial charge >= 0.3 is 0 Å². The molecule has 0 saturated carbocycles. The molecule has 0 aromatic heterocycles. The largest absolute Gasteiger partial charge is 0.305 e. The minimum Gasteiger partial charge on any atom is -0.305 e. The van der Waals surface area contributed by atoms with E-state index in [9.17, 15) is 0 Å². The van der Waals surface area contributed by atoms with E-state index < -0.39 is 0 Å². The Morgan fingerprint density at radius 1 is 0.390 bits per heavy atom. The lowest BCUT2D eigenvalue weighted by Gasteiger charge is -2.49. The molecule has 1 rings (SSSR count). The van der Waals surface area contributed by atoms with Gasteiger partial charge in [-0.05, 0) is 76.7 Å². The highest BCUT2D eigenvalue weighted by atomic mass is 15.2. The van der Waals surface area contributed by atoms with Gasteiger partial charge in [0.2, 0.25) is 0 Å². The highest BCUT2D eigenvalue weighted by Crippen LogP contribution is 2.40. The van der Waals surface area contributed by atoms with Gasteiger partial charge in [-0.25, -0.2) is 0 Å². The van der Waals surface area contributed by atoms with Crippen LogP contribution in [-0.2, 0) is 0 Å². The molecular weight excluding hydrogens is 494 g/mol. The molecule has 1 nitrogen and oxygen atoms in total. The van der Waals surface area contributed by atoms with Crippen LogP contribution in [0, 0.1) is 5.41 Å². The van der Waals surface area contributed by atoms with Crippen molar-refractivity contribution in [3.05, 3.63) is 24.3 Å². The van der Waals surface area contributed by atoms with Crippen LogP contribution < -0.4 is 0 Å². The van der Waals surface area contributed by atoms with Crippen LogP contribution in [0.1, 0.15) is 206 Å². The van der Waals surface area contributed by atoms with Crippen molar-refractivity contribution in [2.24, 2.45) is 5.41 Å². The number of unbranched alkanes of at least 4 members (excludes halogenated alkanes) is 24. The third kappa shape index (κ3) is 24.6. The Balaban J connectivity index is 1.89. The normalized spacial score (nSPS) is 15.4. The maximum atomic E-state index is 2.56. The van der Waals surface area contributed by atoms with Gasteiger partial charge in [-0.15, -0.1) is 0 Å². The summed E-state index contributed by atoms with van der Waals surface area (Å²) in [5.74, 6) is 0. The first-order chi connectivity index (χ1) is 20.2. The Labute approximate surface area is 260 Å². The van der Waals surface area contributed by atoms with E-state index in [0.717, 1.165) is 0 Å². The summed E-state index contributed by atoms with van der Waals surface area (Å²) in [6.45, 7) is 7.33. The fraction of sp³-hybridized carbons (Fsp3) is 0.900. The molecule has 1 saturated heterocycles. The Morgan fingerprint density at radius 2 is 0.659 bits per heavy atom. The van der Waals surface area contributed by atoms with E-state index in [-0.39, 0.29) is 0 Å². The third-order valence-corrected chi connectivity index (χ3v) is 9.65. The Bertz CT molecular complexity index is 525. The predicted octanol–water partition coefficient (Wildman–Crippen LogP) is 13.8. The fourth-order valence-corrected chi connectivity index (χ4v) is 7.04. The van der Waals surface area contributed by atoms with Gasteiger partial charge in [0.25, 0.3) is 0 Å². The molecule has 1 heteroatoms. The van der Waals surface area contributed by atoms with Gasteiger partial charge in [0.05, 0.1) is 0 Å². The number of likely N-dealkylation sites (tertiary alicyclic amines) is 1. The highest BCUT2D eigenvalue weighted by Gasteiger charge is 2.39. The van der Waals surface area contributed by atoms with Crippen LogP contribution in [0.15, 0.2) is 24.3 Å². The maximum Gasteiger partial charge on any atom is 0.00474 e. The predicted molar refractivity (Wildman–Crippen MR) is 188 cm³/mol. The summed E-state index contributed by atoms with van der Waals surface area (Å²) in [7, 11) is 2.32. The van der Waals surface area contributed by atoms with Gasteiger partial charge in [-0.1, -0.05) is 167 Å². The molecule has 0 aromatic carbocycles. The van der Waals surface area contributed by atoms with E-state index in [0.29, 0.717) is 5.41 Å². The van der Waals surface area contributed by atoms with Crippen molar-refractivity contribution in [3.8, 4) is 0 Å². The molecule has 0 atom stereocenters. The van der Waals surface area contributed by atoms with Crippen LogP contribution in [0.4, 0.5) is 0 Å². The van der Waals surface area contributed by atoms with Crippen LogP contribution in [0.25, 0.3) is 0 Å². The number of nitrogens with zero attached hydrogens (tertiary/aromatic N) is 1. The summed E-state index contributed by atoms with van der Waals surface area (Å²) in [6.07, 6.45) is 52.4. The van der Waals surface area contributed by atoms with Gasteiger partial charge in [-0.2, -0.15) is 0 Å². The summed E-state index contributed by atoms with van der Waals surface area (Å²) < 4.78 is 0. The molecular formula is C40H77N. The first-order valence-electron chi connectivity index (χ1n) is 19.2. The number of hydrogen-bond donors (Lipinski definition) is 0. The van der Waals surface area contributed by atoms with Crippen LogP contribution in [0.2, 0.25) is 0 Å². The molecule has 0 aliphatic carbocycles. The van der Waals surface area contributed by atoms with Crippen molar-refractivity contribution < 1.29 is 0 Å². The zero-order valence-electron chi connectivity index (χ0n) is 28.9. The lowest BCUT2D eigenvalue weighted by atomic mass is 9.72. The van der Waals surface area contributed by atoms with Crippen molar-refractivity contribution in [2.75, 3.05) is 20.1 Å². The number of allylic oxidation sites excluding steroid dienone is 4. The van der Waals surface area contributed by atoms with E-state index in [1.165, 1.54) is 206 Å². The second-order valence-corrected chi connectivity index (χ2v) is 14.0. The maximum absolute atomic E-state index is 2.56. The molecule has 0 N–H and O–H groups in total. The van der Waals surface area contributed by atoms with Gasteiger partial charge in [0, 0.05) is 13.1 Å². The third-order valence-electron chi connectivity index (χ3n) is 9.65. The van der Waals surface area contributed by atoms with Gasteiger partial charge in [0.15, 0.2) is 0 Å². The molecule has 0 amide bonds. The van der Waals surface area contributed by atoms with Gasteiger partial charge in [-0.3, -0.25) is 0 Å². The van der Waals surface area contributed by atoms with Crippen LogP contribution in [-0.4, -0.2) is 25.0 Å². The van der Waals surface area contributed by atoms with Gasteiger partial charge < -0.3 is 4.90 Å². The minimum absolute atomic E-state index is 0.677. The molecule has 1 fully saturated rings. The average Bonchev–Trinajstić information content (AvgIpc) is 2.95. The lowest BCUT2D eigenvalue weighted by Crippen LogP contribution is -2.54. The molecule has 0 bridgehead atoms. The smallest absolute Gasteiger partial charge is 0.00474 e. The minimum atomic E-state index is 0.677. The van der Waals surface area contributed by atoms with Crippen molar-refractivity contribution in [1.82, 2.24) is 4.90 Å². The second kappa shape index (κ2) is 29.5. The number of rotatable bonds is 32. The molecule has 0 unspecified atom stereocenters. The standard InChI is InChI=1S/C40H77N/c1-4-6-8-10-12-14-16-18-20-22-24-26-28-30-32-34-36-40(38-41(3)39-40)37-35-33-31-29-27-25-23-21-19-17-15-13-11-9-7-5-2/h18-21H,4-17,22-39H2,1-3H3/b20-18-,21-19-. The molecule has 1 aliphatic rings. The zero-order valence-corrected chi connectivity index (χ0v) is 28.9. The second-order valence-electron chi connectivity index (χ2n) is 14.0. The SMILES string of the molecule is CCCCCCCC/C=C\CCCCCCCCC1(CCCCCCCC/C=C\CCCCCCCC)CN(C)C1. The van der Waals surface area contributed by atoms with Crippen molar-refractivity contribution >= 4 is 0 Å². The lowest BCUT2D eigenvalue weighted by molar-refractivity contribution is 0.00256. The molecule has 0 radical (unpaired) electrons. The topological polar surface area (TPSA) is 3.24 Å². The van der Waals surface area contributed by atoms with E-state index in [1.807, 2.05) is 0 Å². The first kappa shape index (κ1) is 38.5. The first-order valence-corrected chi connectivity index (χ1v) is 19.2. The van der Waals surface area contributed by atoms with Gasteiger partial charge in [0.1, 0.15) is 0 Å². The van der Waals surface area contributed by atoms with Crippen molar-refractivity contribution in [2.45, 2.75) is 206 Å². The summed E-state index contributed by atoms with van der Waals surface area (Å²) in [6, 6.07) is 0. The molecule has 1 heterocycles. The quantitative estimate of drug-likeness (QED) is 0.0573. The van der Waals surface area contributed by atoms with Crippen molar-refractivity contribution in [3.63, 3.8) is 0 Å². The summed E-state index contributed by atoms with van der Waals surface area (Å²) >= 11 is 0. The number of hydrogen-bond acceptors (Lipinski definition) is 1. The molecule has 41 heavy (non-hydrogen) atoms. The van der Waals surface area contributed by atoms with Crippen LogP contribution >= 0.6 is 0 Å². The van der Waals surface area contributed by atoms with E-state index in [1.54, 1.807) is 0 Å². The van der Waals surface area contributed by atoms with Crippen LogP contribution in [0.3, 0.4) is 0 Å². The summed E-state index contributed by atoms with van der Waals surface area (Å²) in [4.78, 5) is 2.56. The molecule has 242 valence electrons. The molecule has 1 aliphatic heterocycles. The van der Waals surface area contributed by atoms with Crippen molar-refractivity contribution in [1.29, 1.82) is 0 Å². The Kier molecular flexibility index (Phi) is 27.7. The molecule has 0 spiro atoms. The highest BCUT2D eigenvalue weighted by molar-refractivity contribution is 4.93.